The fourth-order valence-corrected chi connectivity index (χ4v) is 2.94. The molecular weight excluding hydrogens is 312 g/mol. The van der Waals surface area contributed by atoms with Crippen molar-refractivity contribution in [2.45, 2.75) is 26.7 Å². The predicted octanol–water partition coefficient (Wildman–Crippen LogP) is 3.06. The monoisotopic (exact) mass is 336 g/mol. The highest BCUT2D eigenvalue weighted by molar-refractivity contribution is 7.80. The molecule has 23 heavy (non-hydrogen) atoms. The fraction of sp³-hybridized carbons (Fsp3) is 0.529. The quantitative estimate of drug-likeness (QED) is 0.659. The molecule has 1 saturated heterocycles. The first-order valence-electron chi connectivity index (χ1n) is 8.10. The average molecular weight is 336 g/mol. The minimum Gasteiger partial charge on any atom is -0.492 e. The molecule has 1 unspecified atom stereocenters. The molecule has 1 aliphatic heterocycles. The van der Waals surface area contributed by atoms with Crippen molar-refractivity contribution >= 4 is 29.0 Å². The summed E-state index contributed by atoms with van der Waals surface area (Å²) in [6.45, 7) is 6.24. The first-order chi connectivity index (χ1) is 11.2. The summed E-state index contributed by atoms with van der Waals surface area (Å²) in [6.07, 6.45) is 1.78. The van der Waals surface area contributed by atoms with Gasteiger partial charge in [-0.2, -0.15) is 0 Å². The van der Waals surface area contributed by atoms with E-state index in [4.69, 9.17) is 21.7 Å². The third-order valence-corrected chi connectivity index (χ3v) is 4.12. The van der Waals surface area contributed by atoms with E-state index in [1.807, 2.05) is 43.0 Å². The van der Waals surface area contributed by atoms with Gasteiger partial charge in [-0.15, -0.1) is 0 Å². The van der Waals surface area contributed by atoms with E-state index in [-0.39, 0.29) is 11.9 Å². The van der Waals surface area contributed by atoms with Gasteiger partial charge in [0, 0.05) is 13.1 Å². The highest BCUT2D eigenvalue weighted by Gasteiger charge is 2.28. The topological polar surface area (TPSA) is 50.8 Å². The van der Waals surface area contributed by atoms with Crippen molar-refractivity contribution in [3.63, 3.8) is 0 Å². The van der Waals surface area contributed by atoms with Gasteiger partial charge < -0.3 is 19.7 Å². The number of anilines is 1. The van der Waals surface area contributed by atoms with Gasteiger partial charge in [0.15, 0.2) is 5.11 Å². The van der Waals surface area contributed by atoms with Gasteiger partial charge in [-0.1, -0.05) is 12.1 Å². The van der Waals surface area contributed by atoms with Gasteiger partial charge in [0.1, 0.15) is 5.75 Å². The SMILES string of the molecule is CCOC(=O)C1CCCN(C(=S)Nc2ccccc2OCC)C1. The Labute approximate surface area is 142 Å². The molecule has 1 aromatic carbocycles. The summed E-state index contributed by atoms with van der Waals surface area (Å²) >= 11 is 5.51. The second kappa shape index (κ2) is 8.72. The lowest BCUT2D eigenvalue weighted by Crippen LogP contribution is -2.44. The normalized spacial score (nSPS) is 17.5. The predicted molar refractivity (Wildman–Crippen MR) is 94.8 cm³/mol. The van der Waals surface area contributed by atoms with E-state index in [0.29, 0.717) is 24.9 Å². The zero-order chi connectivity index (χ0) is 16.7. The molecule has 5 nitrogen and oxygen atoms in total. The van der Waals surface area contributed by atoms with E-state index >= 15 is 0 Å². The minimum atomic E-state index is -0.130. The average Bonchev–Trinajstić information content (AvgIpc) is 2.57. The van der Waals surface area contributed by atoms with E-state index in [0.717, 1.165) is 30.8 Å². The minimum absolute atomic E-state index is 0.106. The van der Waals surface area contributed by atoms with Crippen LogP contribution in [0, 0.1) is 5.92 Å². The lowest BCUT2D eigenvalue weighted by atomic mass is 9.98. The largest absolute Gasteiger partial charge is 0.492 e. The second-order valence-electron chi connectivity index (χ2n) is 5.40. The van der Waals surface area contributed by atoms with E-state index < -0.39 is 0 Å². The molecule has 6 heteroatoms. The number of thiocarbonyl (C=S) groups is 1. The third kappa shape index (κ3) is 4.82. The number of carbonyl (C=O) groups excluding carboxylic acids is 1. The van der Waals surface area contributed by atoms with Crippen LogP contribution in [0.4, 0.5) is 5.69 Å². The maximum atomic E-state index is 11.9. The van der Waals surface area contributed by atoms with Gasteiger partial charge in [0.2, 0.25) is 0 Å². The summed E-state index contributed by atoms with van der Waals surface area (Å²) in [7, 11) is 0. The molecule has 1 fully saturated rings. The van der Waals surface area contributed by atoms with Gasteiger partial charge in [0.25, 0.3) is 0 Å². The van der Waals surface area contributed by atoms with Crippen LogP contribution in [-0.2, 0) is 9.53 Å². The van der Waals surface area contributed by atoms with Crippen molar-refractivity contribution in [2.75, 3.05) is 31.6 Å². The Balaban J connectivity index is 1.99. The second-order valence-corrected chi connectivity index (χ2v) is 5.78. The zero-order valence-corrected chi connectivity index (χ0v) is 14.5. The van der Waals surface area contributed by atoms with Crippen LogP contribution in [0.5, 0.6) is 5.75 Å². The van der Waals surface area contributed by atoms with Crippen molar-refractivity contribution in [1.29, 1.82) is 0 Å². The third-order valence-electron chi connectivity index (χ3n) is 3.76. The molecule has 1 aromatic rings. The Kier molecular flexibility index (Phi) is 6.65. The van der Waals surface area contributed by atoms with Gasteiger partial charge in [-0.3, -0.25) is 4.79 Å². The number of hydrogen-bond donors (Lipinski definition) is 1. The summed E-state index contributed by atoms with van der Waals surface area (Å²) in [5.74, 6) is 0.539. The van der Waals surface area contributed by atoms with Crippen LogP contribution in [0.1, 0.15) is 26.7 Å². The van der Waals surface area contributed by atoms with Crippen LogP contribution in [0.3, 0.4) is 0 Å². The van der Waals surface area contributed by atoms with Gasteiger partial charge >= 0.3 is 5.97 Å². The Bertz CT molecular complexity index is 550. The van der Waals surface area contributed by atoms with Crippen LogP contribution in [0.2, 0.25) is 0 Å². The number of benzene rings is 1. The molecule has 1 atom stereocenters. The molecule has 1 aliphatic rings. The molecule has 126 valence electrons. The van der Waals surface area contributed by atoms with Crippen molar-refractivity contribution in [1.82, 2.24) is 4.90 Å². The summed E-state index contributed by atoms with van der Waals surface area (Å²) in [4.78, 5) is 14.0. The van der Waals surface area contributed by atoms with Crippen LogP contribution < -0.4 is 10.1 Å². The first kappa shape index (κ1) is 17.5. The molecule has 1 heterocycles. The molecule has 1 N–H and O–H groups in total. The molecule has 0 spiro atoms. The maximum Gasteiger partial charge on any atom is 0.310 e. The van der Waals surface area contributed by atoms with Crippen molar-refractivity contribution < 1.29 is 14.3 Å². The standard InChI is InChI=1S/C17H24N2O3S/c1-3-21-15-10-6-5-9-14(15)18-17(23)19-11-7-8-13(12-19)16(20)22-4-2/h5-6,9-10,13H,3-4,7-8,11-12H2,1-2H3,(H,18,23). The van der Waals surface area contributed by atoms with Gasteiger partial charge in [0.05, 0.1) is 24.8 Å². The van der Waals surface area contributed by atoms with E-state index in [2.05, 4.69) is 5.32 Å². The Morgan fingerprint density at radius 1 is 1.35 bits per heavy atom. The molecule has 0 radical (unpaired) electrons. The molecular formula is C17H24N2O3S. The molecule has 2 rings (SSSR count). The summed E-state index contributed by atoms with van der Waals surface area (Å²) in [6, 6.07) is 7.71. The van der Waals surface area contributed by atoms with E-state index in [1.165, 1.54) is 0 Å². The summed E-state index contributed by atoms with van der Waals surface area (Å²) < 4.78 is 10.7. The highest BCUT2D eigenvalue weighted by Crippen LogP contribution is 2.25. The number of piperidine rings is 1. The molecule has 0 saturated carbocycles. The van der Waals surface area contributed by atoms with Crippen LogP contribution in [0.25, 0.3) is 0 Å². The summed E-state index contributed by atoms with van der Waals surface area (Å²) in [5, 5.41) is 3.85. The number of ether oxygens (including phenoxy) is 2. The van der Waals surface area contributed by atoms with Crippen LogP contribution in [0.15, 0.2) is 24.3 Å². The Morgan fingerprint density at radius 2 is 2.13 bits per heavy atom. The van der Waals surface area contributed by atoms with Crippen molar-refractivity contribution in [3.05, 3.63) is 24.3 Å². The number of likely N-dealkylation sites (tertiary alicyclic amines) is 1. The molecule has 0 aromatic heterocycles. The van der Waals surface area contributed by atoms with Crippen LogP contribution >= 0.6 is 12.2 Å². The molecule has 0 amide bonds. The van der Waals surface area contributed by atoms with Gasteiger partial charge in [-0.05, 0) is 51.0 Å². The number of nitrogens with zero attached hydrogens (tertiary/aromatic N) is 1. The maximum absolute atomic E-state index is 11.9. The number of carbonyl (C=O) groups is 1. The lowest BCUT2D eigenvalue weighted by Gasteiger charge is -2.33. The fourth-order valence-electron chi connectivity index (χ4n) is 2.66. The smallest absolute Gasteiger partial charge is 0.310 e. The number of rotatable bonds is 5. The van der Waals surface area contributed by atoms with Crippen molar-refractivity contribution in [3.8, 4) is 5.75 Å². The molecule has 0 bridgehead atoms. The van der Waals surface area contributed by atoms with E-state index in [1.54, 1.807) is 0 Å². The number of nitrogens with one attached hydrogen (secondary N) is 1. The number of esters is 1. The molecule has 0 aliphatic carbocycles. The number of para-hydroxylation sites is 2. The van der Waals surface area contributed by atoms with E-state index in [9.17, 15) is 4.79 Å². The van der Waals surface area contributed by atoms with Gasteiger partial charge in [-0.25, -0.2) is 0 Å². The Hall–Kier alpha value is -1.82. The zero-order valence-electron chi connectivity index (χ0n) is 13.7. The van der Waals surface area contributed by atoms with Crippen molar-refractivity contribution in [2.24, 2.45) is 5.92 Å². The number of hydrogen-bond acceptors (Lipinski definition) is 4. The Morgan fingerprint density at radius 3 is 2.87 bits per heavy atom. The first-order valence-corrected chi connectivity index (χ1v) is 8.50. The lowest BCUT2D eigenvalue weighted by molar-refractivity contribution is -0.149. The van der Waals surface area contributed by atoms with Crippen LogP contribution in [-0.4, -0.2) is 42.3 Å². The summed E-state index contributed by atoms with van der Waals surface area (Å²) in [5.41, 5.74) is 0.845. The highest BCUT2D eigenvalue weighted by atomic mass is 32.1.